The Labute approximate surface area is 341 Å². The highest BCUT2D eigenvalue weighted by Gasteiger charge is 2.21. The molecule has 2 heterocycles. The second-order valence-corrected chi connectivity index (χ2v) is 12.0. The minimum Gasteiger partial charge on any atom is -1.00 e. The van der Waals surface area contributed by atoms with E-state index in [1.165, 1.54) is 35.2 Å². The number of nitrogens with one attached hydrogen (secondary N) is 1. The van der Waals surface area contributed by atoms with Crippen molar-refractivity contribution in [3.8, 4) is 22.3 Å². The average Bonchev–Trinajstić information content (AvgIpc) is 3.59. The van der Waals surface area contributed by atoms with Crippen LogP contribution in [0.3, 0.4) is 0 Å². The fourth-order valence-electron chi connectivity index (χ4n) is 5.25. The molecule has 0 bridgehead atoms. The Balaban J connectivity index is 0.000000320. The summed E-state index contributed by atoms with van der Waals surface area (Å²) in [6.07, 6.45) is 3.27. The Bertz CT molecular complexity index is 2310. The number of carbonyl (C=O) groups is 2. The minimum atomic E-state index is -0.812. The topological polar surface area (TPSA) is 151 Å². The van der Waals surface area contributed by atoms with E-state index in [1.807, 2.05) is 91.0 Å². The number of hydrogen-bond acceptors (Lipinski definition) is 9. The van der Waals surface area contributed by atoms with E-state index in [0.29, 0.717) is 17.1 Å². The highest BCUT2D eigenvalue weighted by atomic mass is 35.5. The molecule has 0 aliphatic carbocycles. The lowest BCUT2D eigenvalue weighted by Crippen LogP contribution is -3.00. The molecule has 0 fully saturated rings. The molecule has 0 aliphatic rings. The first-order valence-corrected chi connectivity index (χ1v) is 16.9. The molecule has 0 radical (unpaired) electrons. The van der Waals surface area contributed by atoms with Crippen LogP contribution in [-0.4, -0.2) is 57.4 Å². The van der Waals surface area contributed by atoms with E-state index in [-0.39, 0.29) is 31.0 Å². The molecule has 0 atom stereocenters. The Kier molecular flexibility index (Phi) is 18.3. The molecule has 6 aromatic rings. The SMILES string of the molecule is C.CO/N=C/c1ccc(-c2ccccc2N)cc1.CO/N=C/c1ccc(-c2ccccc2NC(=O)c2c(C)nn(C)c2F)cc1.Cc1nn(C)c(F)c1C(=O)Cl.[Cl-]. The number of rotatable bonds is 9. The molecule has 0 unspecified atom stereocenters. The van der Waals surface area contributed by atoms with Crippen LogP contribution in [-0.2, 0) is 23.8 Å². The van der Waals surface area contributed by atoms with E-state index in [1.54, 1.807) is 25.4 Å². The van der Waals surface area contributed by atoms with Gasteiger partial charge in [0.15, 0.2) is 0 Å². The van der Waals surface area contributed by atoms with Crippen LogP contribution in [0.15, 0.2) is 107 Å². The number of oxime groups is 2. The molecule has 1 amide bonds. The number of carbonyl (C=O) groups excluding carboxylic acids is 2. The molecule has 57 heavy (non-hydrogen) atoms. The molecule has 0 saturated carbocycles. The number of nitrogen functional groups attached to an aromatic ring is 1. The third kappa shape index (κ3) is 12.3. The second-order valence-electron chi connectivity index (χ2n) is 11.7. The fourth-order valence-corrected chi connectivity index (χ4v) is 5.47. The van der Waals surface area contributed by atoms with Gasteiger partial charge in [0.2, 0.25) is 11.9 Å². The predicted octanol–water partition coefficient (Wildman–Crippen LogP) is 5.57. The van der Waals surface area contributed by atoms with Gasteiger partial charge in [-0.05, 0) is 59.8 Å². The molecule has 300 valence electrons. The number of aryl methyl sites for hydroxylation is 4. The van der Waals surface area contributed by atoms with Gasteiger partial charge in [-0.15, -0.1) is 0 Å². The van der Waals surface area contributed by atoms with Gasteiger partial charge in [-0.1, -0.05) is 103 Å². The zero-order chi connectivity index (χ0) is 40.1. The smallest absolute Gasteiger partial charge is 0.262 e. The van der Waals surface area contributed by atoms with E-state index in [4.69, 9.17) is 17.3 Å². The standard InChI is InChI=1S/C20H19FN4O2.C14H14N2O.C6H6ClFN2O.CH4.ClH/c1-13-18(19(21)25(2)24-13)20(26)23-17-7-5-4-6-16(17)15-10-8-14(9-11-15)12-22-27-3;1-17-16-10-11-6-8-12(9-7-11)13-4-2-3-5-14(13)15;1-3-4(5(7)11)6(8)10(2)9-3;;/h4-12H,1-3H3,(H,23,26);2-10H,15H2,1H3;1-2H3;1H4;1H/p-1/b22-12+;16-10+;;;. The van der Waals surface area contributed by atoms with E-state index in [9.17, 15) is 18.4 Å². The van der Waals surface area contributed by atoms with Gasteiger partial charge >= 0.3 is 0 Å². The van der Waals surface area contributed by atoms with Crippen molar-refractivity contribution in [3.05, 3.63) is 143 Å². The molecule has 0 saturated heterocycles. The number of benzene rings is 4. The first-order chi connectivity index (χ1) is 26.4. The van der Waals surface area contributed by atoms with Crippen LogP contribution < -0.4 is 23.5 Å². The highest BCUT2D eigenvalue weighted by molar-refractivity contribution is 6.67. The maximum Gasteiger partial charge on any atom is 0.262 e. The number of anilines is 2. The van der Waals surface area contributed by atoms with Gasteiger partial charge in [0.05, 0.1) is 23.8 Å². The molecule has 12 nitrogen and oxygen atoms in total. The second kappa shape index (κ2) is 22.2. The predicted molar refractivity (Wildman–Crippen MR) is 218 cm³/mol. The maximum absolute atomic E-state index is 14.2. The van der Waals surface area contributed by atoms with Crippen LogP contribution in [0.2, 0.25) is 0 Å². The average molecular weight is 821 g/mol. The number of nitrogens with zero attached hydrogens (tertiary/aromatic N) is 6. The normalized spacial score (nSPS) is 10.3. The van der Waals surface area contributed by atoms with Gasteiger partial charge in [-0.25, -0.2) is 9.36 Å². The summed E-state index contributed by atoms with van der Waals surface area (Å²) < 4.78 is 29.1. The zero-order valence-corrected chi connectivity index (χ0v) is 32.8. The summed E-state index contributed by atoms with van der Waals surface area (Å²) >= 11 is 5.09. The number of hydrogen-bond donors (Lipinski definition) is 2. The Morgan fingerprint density at radius 3 is 1.54 bits per heavy atom. The summed E-state index contributed by atoms with van der Waals surface area (Å²) in [6.45, 7) is 3.13. The number of halogens is 4. The first-order valence-electron chi connectivity index (χ1n) is 16.5. The number of aromatic nitrogens is 4. The lowest BCUT2D eigenvalue weighted by molar-refractivity contribution is -0.0000282. The van der Waals surface area contributed by atoms with Gasteiger partial charge in [0.25, 0.3) is 11.1 Å². The molecule has 4 aromatic carbocycles. The maximum atomic E-state index is 14.2. The van der Waals surface area contributed by atoms with Crippen molar-refractivity contribution in [2.24, 2.45) is 24.4 Å². The van der Waals surface area contributed by atoms with Crippen molar-refractivity contribution in [3.63, 3.8) is 0 Å². The summed E-state index contributed by atoms with van der Waals surface area (Å²) in [5.74, 6) is -1.89. The van der Waals surface area contributed by atoms with Crippen LogP contribution >= 0.6 is 11.6 Å². The van der Waals surface area contributed by atoms with Crippen LogP contribution in [0.4, 0.5) is 20.2 Å². The van der Waals surface area contributed by atoms with Crippen LogP contribution in [0, 0.1) is 25.7 Å². The summed E-state index contributed by atoms with van der Waals surface area (Å²) in [6, 6.07) is 30.8. The molecule has 6 rings (SSSR count). The van der Waals surface area contributed by atoms with E-state index in [0.717, 1.165) is 48.4 Å². The molecule has 3 N–H and O–H groups in total. The highest BCUT2D eigenvalue weighted by Crippen LogP contribution is 2.29. The van der Waals surface area contributed by atoms with Gasteiger partial charge in [0.1, 0.15) is 25.3 Å². The molecular weight excluding hydrogens is 777 g/mol. The Hall–Kier alpha value is -6.38. The summed E-state index contributed by atoms with van der Waals surface area (Å²) in [5, 5.41) is 17.0. The third-order valence-corrected chi connectivity index (χ3v) is 8.11. The summed E-state index contributed by atoms with van der Waals surface area (Å²) in [7, 11) is 5.87. The monoisotopic (exact) mass is 819 g/mol. The number of amides is 1. The van der Waals surface area contributed by atoms with E-state index in [2.05, 4.69) is 35.5 Å². The molecule has 2 aromatic heterocycles. The van der Waals surface area contributed by atoms with Crippen molar-refractivity contribution in [2.45, 2.75) is 21.3 Å². The van der Waals surface area contributed by atoms with Gasteiger partial charge in [-0.3, -0.25) is 9.59 Å². The number of nitrogens with two attached hydrogens (primary N) is 1. The van der Waals surface area contributed by atoms with E-state index < -0.39 is 23.0 Å². The Morgan fingerprint density at radius 1 is 0.719 bits per heavy atom. The molecular formula is C41H43Cl2F2N8O4-. The third-order valence-electron chi connectivity index (χ3n) is 7.92. The lowest BCUT2D eigenvalue weighted by atomic mass is 10.0. The molecule has 0 spiro atoms. The minimum absolute atomic E-state index is 0. The van der Waals surface area contributed by atoms with Gasteiger partial charge in [0, 0.05) is 36.6 Å². The van der Waals surface area contributed by atoms with Crippen molar-refractivity contribution >= 4 is 46.6 Å². The zero-order valence-electron chi connectivity index (χ0n) is 31.3. The largest absolute Gasteiger partial charge is 1.00 e. The first kappa shape index (κ1) is 46.8. The van der Waals surface area contributed by atoms with E-state index >= 15 is 0 Å². The van der Waals surface area contributed by atoms with Crippen LogP contribution in [0.1, 0.15) is 50.7 Å². The van der Waals surface area contributed by atoms with Crippen LogP contribution in [0.25, 0.3) is 22.3 Å². The lowest BCUT2D eigenvalue weighted by Gasteiger charge is -2.11. The molecule has 0 aliphatic heterocycles. The van der Waals surface area contributed by atoms with Crippen molar-refractivity contribution in [1.29, 1.82) is 0 Å². The van der Waals surface area contributed by atoms with Gasteiger partial charge in [-0.2, -0.15) is 19.0 Å². The van der Waals surface area contributed by atoms with Crippen molar-refractivity contribution in [1.82, 2.24) is 19.6 Å². The van der Waals surface area contributed by atoms with Crippen molar-refractivity contribution < 1.29 is 40.5 Å². The summed E-state index contributed by atoms with van der Waals surface area (Å²) in [5.41, 5.74) is 13.5. The number of para-hydroxylation sites is 2. The van der Waals surface area contributed by atoms with Gasteiger partial charge < -0.3 is 33.1 Å². The quantitative estimate of drug-likeness (QED) is 0.0839. The van der Waals surface area contributed by atoms with Crippen LogP contribution in [0.5, 0.6) is 0 Å². The molecule has 16 heteroatoms. The van der Waals surface area contributed by atoms with Crippen molar-refractivity contribution in [2.75, 3.05) is 25.3 Å². The Morgan fingerprint density at radius 2 is 1.14 bits per heavy atom. The fraction of sp³-hybridized carbons (Fsp3) is 0.171. The summed E-state index contributed by atoms with van der Waals surface area (Å²) in [4.78, 5) is 32.5.